The lowest BCUT2D eigenvalue weighted by atomic mass is 10.1. The maximum atomic E-state index is 13.2. The molecule has 228 valence electrons. The summed E-state index contributed by atoms with van der Waals surface area (Å²) < 4.78 is 76.5. The first-order valence-electron chi connectivity index (χ1n) is 12.6. The molecule has 1 heterocycles. The topological polar surface area (TPSA) is 158 Å². The minimum absolute atomic E-state index is 0.0201. The molecule has 0 unspecified atom stereocenters. The molecule has 0 fully saturated rings. The van der Waals surface area contributed by atoms with Crippen LogP contribution >= 0.6 is 11.6 Å². The third kappa shape index (κ3) is 8.30. The molecule has 16 heteroatoms. The number of carbonyl (C=O) groups excluding carboxylic acids is 1. The van der Waals surface area contributed by atoms with Crippen LogP contribution < -0.4 is 30.8 Å². The van der Waals surface area contributed by atoms with Crippen molar-refractivity contribution in [3.63, 3.8) is 0 Å². The average molecular weight is 639 g/mol. The van der Waals surface area contributed by atoms with Gasteiger partial charge in [-0.15, -0.1) is 13.2 Å². The van der Waals surface area contributed by atoms with E-state index in [2.05, 4.69) is 30.2 Å². The number of halogens is 4. The van der Waals surface area contributed by atoms with Crippen LogP contribution in [0.4, 0.5) is 19.0 Å². The number of nitrogens with one attached hydrogen (secondary N) is 3. The van der Waals surface area contributed by atoms with Crippen molar-refractivity contribution in [3.8, 4) is 11.5 Å². The van der Waals surface area contributed by atoms with E-state index >= 15 is 0 Å². The molecule has 0 aliphatic heterocycles. The predicted molar refractivity (Wildman–Crippen MR) is 153 cm³/mol. The van der Waals surface area contributed by atoms with E-state index in [1.165, 1.54) is 31.2 Å². The fourth-order valence-electron chi connectivity index (χ4n) is 4.12. The van der Waals surface area contributed by atoms with Crippen LogP contribution in [0.25, 0.3) is 10.9 Å². The maximum absolute atomic E-state index is 13.2. The molecular formula is C27H26ClF3N6O5S. The Bertz CT molecular complexity index is 1740. The van der Waals surface area contributed by atoms with Crippen LogP contribution in [0.1, 0.15) is 29.9 Å². The number of esters is 1. The van der Waals surface area contributed by atoms with Gasteiger partial charge in [0.05, 0.1) is 16.0 Å². The van der Waals surface area contributed by atoms with E-state index in [1.54, 1.807) is 37.3 Å². The summed E-state index contributed by atoms with van der Waals surface area (Å²) in [5.74, 6) is 4.85. The minimum Gasteiger partial charge on any atom is -0.424 e. The highest BCUT2D eigenvalue weighted by molar-refractivity contribution is 7.89. The van der Waals surface area contributed by atoms with Gasteiger partial charge in [0, 0.05) is 25.4 Å². The first-order valence-corrected chi connectivity index (χ1v) is 14.4. The average Bonchev–Trinajstić information content (AvgIpc) is 2.92. The van der Waals surface area contributed by atoms with Crippen LogP contribution in [-0.4, -0.2) is 37.3 Å². The molecule has 4 rings (SSSR count). The zero-order valence-electron chi connectivity index (χ0n) is 22.7. The molecular weight excluding hydrogens is 613 g/mol. The van der Waals surface area contributed by atoms with Crippen molar-refractivity contribution in [2.75, 3.05) is 11.9 Å². The number of carbonyl (C=O) groups is 1. The molecule has 0 spiro atoms. The van der Waals surface area contributed by atoms with Gasteiger partial charge >= 0.3 is 12.3 Å². The molecule has 11 nitrogen and oxygen atoms in total. The summed E-state index contributed by atoms with van der Waals surface area (Å²) in [6, 6.07) is 13.5. The Hall–Kier alpha value is -4.02. The highest BCUT2D eigenvalue weighted by atomic mass is 35.5. The zero-order valence-corrected chi connectivity index (χ0v) is 24.3. The van der Waals surface area contributed by atoms with Gasteiger partial charge in [-0.25, -0.2) is 23.1 Å². The van der Waals surface area contributed by atoms with Crippen LogP contribution in [0.5, 0.6) is 11.5 Å². The van der Waals surface area contributed by atoms with E-state index in [4.69, 9.17) is 22.2 Å². The Balaban J connectivity index is 1.72. The van der Waals surface area contributed by atoms with E-state index in [1.807, 2.05) is 0 Å². The second-order valence-electron chi connectivity index (χ2n) is 9.18. The SMILES string of the molecule is CC(=O)Oc1cccc2c(N[C@H](CNS(=O)(=O)c3ccc(CNN)cc3)c3ccc(OC(F)(F)F)c(Cl)c3)nc(C)nc12. The van der Waals surface area contributed by atoms with Gasteiger partial charge in [0.2, 0.25) is 10.0 Å². The number of nitrogens with two attached hydrogens (primary N) is 1. The first-order chi connectivity index (χ1) is 20.3. The number of sulfonamides is 1. The van der Waals surface area contributed by atoms with Crippen LogP contribution in [-0.2, 0) is 21.4 Å². The monoisotopic (exact) mass is 638 g/mol. The molecule has 0 radical (unpaired) electrons. The van der Waals surface area contributed by atoms with Crippen molar-refractivity contribution in [1.29, 1.82) is 0 Å². The number of para-hydroxylation sites is 1. The van der Waals surface area contributed by atoms with E-state index in [-0.39, 0.29) is 28.0 Å². The van der Waals surface area contributed by atoms with Gasteiger partial charge in [-0.2, -0.15) is 0 Å². The second kappa shape index (κ2) is 13.1. The van der Waals surface area contributed by atoms with Gasteiger partial charge < -0.3 is 14.8 Å². The predicted octanol–water partition coefficient (Wildman–Crippen LogP) is 4.51. The molecule has 0 amide bonds. The number of aryl methyl sites for hydroxylation is 1. The number of hydrogen-bond donors (Lipinski definition) is 4. The molecule has 0 aliphatic carbocycles. The number of rotatable bonds is 11. The van der Waals surface area contributed by atoms with E-state index < -0.39 is 34.1 Å². The number of nitrogens with zero attached hydrogens (tertiary/aromatic N) is 2. The summed E-state index contributed by atoms with van der Waals surface area (Å²) >= 11 is 6.12. The first kappa shape index (κ1) is 31.9. The Morgan fingerprint density at radius 2 is 1.79 bits per heavy atom. The van der Waals surface area contributed by atoms with Gasteiger partial charge in [0.25, 0.3) is 0 Å². The summed E-state index contributed by atoms with van der Waals surface area (Å²) in [4.78, 5) is 20.4. The molecule has 0 aliphatic rings. The largest absolute Gasteiger partial charge is 0.573 e. The Morgan fingerprint density at radius 3 is 2.42 bits per heavy atom. The maximum Gasteiger partial charge on any atom is 0.573 e. The normalized spacial score (nSPS) is 12.6. The number of hydrazine groups is 1. The third-order valence-corrected chi connectivity index (χ3v) is 7.70. The molecule has 0 saturated carbocycles. The van der Waals surface area contributed by atoms with Crippen molar-refractivity contribution in [1.82, 2.24) is 20.1 Å². The van der Waals surface area contributed by atoms with Crippen molar-refractivity contribution >= 4 is 44.3 Å². The minimum atomic E-state index is -4.97. The van der Waals surface area contributed by atoms with Gasteiger partial charge in [0.1, 0.15) is 22.9 Å². The highest BCUT2D eigenvalue weighted by Crippen LogP contribution is 2.35. The lowest BCUT2D eigenvalue weighted by Crippen LogP contribution is -2.32. The molecule has 1 atom stereocenters. The number of aromatic nitrogens is 2. The number of alkyl halides is 3. The van der Waals surface area contributed by atoms with Crippen molar-refractivity contribution < 1.29 is 35.9 Å². The molecule has 43 heavy (non-hydrogen) atoms. The van der Waals surface area contributed by atoms with E-state index in [0.717, 1.165) is 11.6 Å². The Labute approximate surface area is 249 Å². The number of hydrogen-bond acceptors (Lipinski definition) is 10. The molecule has 3 aromatic carbocycles. The van der Waals surface area contributed by atoms with Gasteiger partial charge in [-0.05, 0) is 54.4 Å². The van der Waals surface area contributed by atoms with Crippen molar-refractivity contribution in [3.05, 3.63) is 82.6 Å². The van der Waals surface area contributed by atoms with Gasteiger partial charge in [0.15, 0.2) is 5.75 Å². The fraction of sp³-hybridized carbons (Fsp3) is 0.222. The van der Waals surface area contributed by atoms with Gasteiger partial charge in [-0.3, -0.25) is 16.1 Å². The number of benzene rings is 3. The summed E-state index contributed by atoms with van der Waals surface area (Å²) in [5, 5.41) is 3.22. The van der Waals surface area contributed by atoms with Gasteiger partial charge in [-0.1, -0.05) is 35.9 Å². The molecule has 0 bridgehead atoms. The summed E-state index contributed by atoms with van der Waals surface area (Å²) in [6.45, 7) is 2.90. The van der Waals surface area contributed by atoms with Crippen LogP contribution in [0.3, 0.4) is 0 Å². The molecule has 4 aromatic rings. The smallest absolute Gasteiger partial charge is 0.424 e. The lowest BCUT2D eigenvalue weighted by molar-refractivity contribution is -0.274. The lowest BCUT2D eigenvalue weighted by Gasteiger charge is -2.23. The number of fused-ring (bicyclic) bond motifs is 1. The van der Waals surface area contributed by atoms with Crippen molar-refractivity contribution in [2.24, 2.45) is 5.84 Å². The molecule has 5 N–H and O–H groups in total. The van der Waals surface area contributed by atoms with Crippen LogP contribution in [0.2, 0.25) is 5.02 Å². The molecule has 0 saturated heterocycles. The second-order valence-corrected chi connectivity index (χ2v) is 11.4. The molecule has 1 aromatic heterocycles. The zero-order chi connectivity index (χ0) is 31.4. The Kier molecular flexibility index (Phi) is 9.72. The Morgan fingerprint density at radius 1 is 1.07 bits per heavy atom. The van der Waals surface area contributed by atoms with Crippen molar-refractivity contribution in [2.45, 2.75) is 37.7 Å². The third-order valence-electron chi connectivity index (χ3n) is 5.97. The summed E-state index contributed by atoms with van der Waals surface area (Å²) in [6.07, 6.45) is -4.97. The van der Waals surface area contributed by atoms with Crippen LogP contribution in [0.15, 0.2) is 65.6 Å². The quantitative estimate of drug-likeness (QED) is 0.0797. The highest BCUT2D eigenvalue weighted by Gasteiger charge is 2.32. The number of anilines is 1. The summed E-state index contributed by atoms with van der Waals surface area (Å²) in [7, 11) is -4.04. The standard InChI is InChI=1S/C27H26ClF3N6O5S/c1-15-35-25-20(4-3-5-24(25)41-16(2)38)26(36-15)37-22(18-8-11-23(21(28)12-18)42-27(29,30)31)14-34-43(39,40)19-9-6-17(7-10-19)13-33-32/h3-12,22,33-34H,13-14,32H2,1-2H3,(H,35,36,37)/t22-/m1/s1. The van der Waals surface area contributed by atoms with E-state index in [0.29, 0.717) is 28.8 Å². The van der Waals surface area contributed by atoms with E-state index in [9.17, 15) is 26.4 Å². The van der Waals surface area contributed by atoms with Crippen LogP contribution in [0, 0.1) is 6.92 Å². The fourth-order valence-corrected chi connectivity index (χ4v) is 5.40. The number of ether oxygens (including phenoxy) is 2. The summed E-state index contributed by atoms with van der Waals surface area (Å²) in [5.41, 5.74) is 3.87.